The van der Waals surface area contributed by atoms with Crippen LogP contribution in [0.3, 0.4) is 0 Å². The molecule has 1 saturated heterocycles. The third kappa shape index (κ3) is 5.08. The number of nitrogens with one attached hydrogen (secondary N) is 1. The van der Waals surface area contributed by atoms with Crippen molar-refractivity contribution in [1.29, 1.82) is 0 Å². The van der Waals surface area contributed by atoms with Crippen molar-refractivity contribution < 1.29 is 18.1 Å². The van der Waals surface area contributed by atoms with Gasteiger partial charge < -0.3 is 10.2 Å². The number of benzene rings is 2. The summed E-state index contributed by atoms with van der Waals surface area (Å²) in [6.07, 6.45) is 2.67. The Morgan fingerprint density at radius 3 is 2.41 bits per heavy atom. The molecule has 32 heavy (non-hydrogen) atoms. The third-order valence-corrected chi connectivity index (χ3v) is 7.48. The maximum Gasteiger partial charge on any atom is 0.270 e. The lowest BCUT2D eigenvalue weighted by atomic mass is 10.1. The highest BCUT2D eigenvalue weighted by molar-refractivity contribution is 7.89. The smallest absolute Gasteiger partial charge is 0.270 e. The number of non-ortho nitro benzene ring substituents is 1. The number of sulfonamides is 1. The Balaban J connectivity index is 1.91. The molecule has 9 nitrogen and oxygen atoms in total. The second-order valence-corrected chi connectivity index (χ2v) is 9.52. The largest absolute Gasteiger partial charge is 0.371 e. The van der Waals surface area contributed by atoms with Gasteiger partial charge in [-0.2, -0.15) is 4.31 Å². The Labute approximate surface area is 188 Å². The van der Waals surface area contributed by atoms with Crippen molar-refractivity contribution in [2.45, 2.75) is 38.0 Å². The lowest BCUT2D eigenvalue weighted by Gasteiger charge is -2.26. The Bertz CT molecular complexity index is 1090. The quantitative estimate of drug-likeness (QED) is 0.473. The lowest BCUT2D eigenvalue weighted by molar-refractivity contribution is -0.384. The van der Waals surface area contributed by atoms with Crippen molar-refractivity contribution in [2.75, 3.05) is 36.4 Å². The van der Waals surface area contributed by atoms with Gasteiger partial charge in [-0.05, 0) is 51.0 Å². The number of nitro benzene ring substituents is 1. The summed E-state index contributed by atoms with van der Waals surface area (Å²) in [6, 6.07) is 10.3. The molecule has 0 unspecified atom stereocenters. The molecule has 0 aromatic heterocycles. The van der Waals surface area contributed by atoms with Crippen molar-refractivity contribution in [1.82, 2.24) is 4.31 Å². The first-order chi connectivity index (χ1) is 15.3. The highest BCUT2D eigenvalue weighted by atomic mass is 32.2. The molecule has 0 aliphatic carbocycles. The van der Waals surface area contributed by atoms with Crippen molar-refractivity contribution in [3.05, 3.63) is 58.1 Å². The predicted molar refractivity (Wildman–Crippen MR) is 124 cm³/mol. The molecule has 1 aliphatic rings. The van der Waals surface area contributed by atoms with E-state index in [1.165, 1.54) is 28.6 Å². The van der Waals surface area contributed by atoms with Crippen LogP contribution in [0.5, 0.6) is 0 Å². The number of rotatable bonds is 8. The number of anilines is 2. The third-order valence-electron chi connectivity index (χ3n) is 5.58. The minimum absolute atomic E-state index is 0.111. The average molecular weight is 461 g/mol. The fourth-order valence-electron chi connectivity index (χ4n) is 3.85. The number of nitrogens with zero attached hydrogens (tertiary/aromatic N) is 3. The molecule has 1 fully saturated rings. The summed E-state index contributed by atoms with van der Waals surface area (Å²) in [4.78, 5) is 25.8. The zero-order valence-electron chi connectivity index (χ0n) is 18.3. The molecule has 0 bridgehead atoms. The first-order valence-electron chi connectivity index (χ1n) is 10.7. The molecule has 2 aromatic carbocycles. The van der Waals surface area contributed by atoms with Gasteiger partial charge in [0.1, 0.15) is 0 Å². The number of hydrogen-bond acceptors (Lipinski definition) is 6. The molecule has 0 saturated carbocycles. The molecule has 172 valence electrons. The van der Waals surface area contributed by atoms with Crippen LogP contribution in [-0.4, -0.2) is 49.7 Å². The van der Waals surface area contributed by atoms with Crippen LogP contribution in [0.4, 0.5) is 17.1 Å². The van der Waals surface area contributed by atoms with Crippen molar-refractivity contribution >= 4 is 33.0 Å². The Hall–Kier alpha value is -2.98. The van der Waals surface area contributed by atoms with E-state index in [-0.39, 0.29) is 16.1 Å². The Morgan fingerprint density at radius 1 is 1.09 bits per heavy atom. The fourth-order valence-corrected chi connectivity index (χ4v) is 5.41. The lowest BCUT2D eigenvalue weighted by Crippen LogP contribution is -2.35. The van der Waals surface area contributed by atoms with Crippen LogP contribution in [0.1, 0.15) is 43.5 Å². The van der Waals surface area contributed by atoms with Gasteiger partial charge >= 0.3 is 0 Å². The van der Waals surface area contributed by atoms with Crippen LogP contribution in [0.25, 0.3) is 0 Å². The molecule has 1 aliphatic heterocycles. The highest BCUT2D eigenvalue weighted by Gasteiger charge is 2.26. The van der Waals surface area contributed by atoms with E-state index < -0.39 is 20.9 Å². The second-order valence-electron chi connectivity index (χ2n) is 7.58. The molecule has 0 spiro atoms. The maximum absolute atomic E-state index is 13.1. The van der Waals surface area contributed by atoms with Crippen LogP contribution in [-0.2, 0) is 10.0 Å². The number of piperidine rings is 1. The van der Waals surface area contributed by atoms with Crippen LogP contribution in [0, 0.1) is 10.1 Å². The number of carbonyl (C=O) groups excluding carboxylic acids is 1. The molecule has 1 amide bonds. The van der Waals surface area contributed by atoms with Gasteiger partial charge in [-0.25, -0.2) is 8.42 Å². The zero-order valence-corrected chi connectivity index (χ0v) is 19.1. The average Bonchev–Trinajstić information content (AvgIpc) is 2.80. The fraction of sp³-hybridized carbons (Fsp3) is 0.409. The van der Waals surface area contributed by atoms with E-state index in [1.54, 1.807) is 18.2 Å². The molecule has 0 atom stereocenters. The van der Waals surface area contributed by atoms with Gasteiger partial charge in [-0.3, -0.25) is 14.9 Å². The summed E-state index contributed by atoms with van der Waals surface area (Å²) in [5.41, 5.74) is 0.861. The molecule has 3 rings (SSSR count). The molecule has 0 radical (unpaired) electrons. The topological polar surface area (TPSA) is 113 Å². The molecular formula is C22H28N4O5S. The van der Waals surface area contributed by atoms with E-state index in [0.717, 1.165) is 19.3 Å². The standard InChI is InChI=1S/C22H28N4O5S/c1-3-24(4-2)21-12-11-18(26(28)29)16-20(21)22(27)23-17-9-8-10-19(15-17)32(30,31)25-13-6-5-7-14-25/h8-12,15-16H,3-7,13-14H2,1-2H3,(H,23,27). The van der Waals surface area contributed by atoms with E-state index in [9.17, 15) is 23.3 Å². The molecular weight excluding hydrogens is 432 g/mol. The van der Waals surface area contributed by atoms with Crippen LogP contribution >= 0.6 is 0 Å². The molecule has 1 N–H and O–H groups in total. The number of nitro groups is 1. The number of carbonyl (C=O) groups is 1. The number of amides is 1. The summed E-state index contributed by atoms with van der Waals surface area (Å²) in [7, 11) is -3.65. The summed E-state index contributed by atoms with van der Waals surface area (Å²) in [5.74, 6) is -0.539. The van der Waals surface area contributed by atoms with Crippen LogP contribution < -0.4 is 10.2 Å². The van der Waals surface area contributed by atoms with Crippen molar-refractivity contribution in [3.63, 3.8) is 0 Å². The van der Waals surface area contributed by atoms with Gasteiger partial charge in [-0.15, -0.1) is 0 Å². The SMILES string of the molecule is CCN(CC)c1ccc([N+](=O)[O-])cc1C(=O)Nc1cccc(S(=O)(=O)N2CCCCC2)c1. The van der Waals surface area contributed by atoms with Gasteiger partial charge in [0, 0.05) is 44.0 Å². The van der Waals surface area contributed by atoms with Crippen molar-refractivity contribution in [3.8, 4) is 0 Å². The number of hydrogen-bond donors (Lipinski definition) is 1. The Kier molecular flexibility index (Phi) is 7.47. The second kappa shape index (κ2) is 10.1. The van der Waals surface area contributed by atoms with E-state index in [4.69, 9.17) is 0 Å². The summed E-state index contributed by atoms with van der Waals surface area (Å²) >= 11 is 0. The van der Waals surface area contributed by atoms with Gasteiger partial charge in [0.15, 0.2) is 0 Å². The zero-order chi connectivity index (χ0) is 23.3. The first-order valence-corrected chi connectivity index (χ1v) is 12.2. The molecule has 2 aromatic rings. The molecule has 1 heterocycles. The summed E-state index contributed by atoms with van der Waals surface area (Å²) in [6.45, 7) is 6.08. The van der Waals surface area contributed by atoms with Gasteiger partial charge in [-0.1, -0.05) is 12.5 Å². The highest BCUT2D eigenvalue weighted by Crippen LogP contribution is 2.28. The Morgan fingerprint density at radius 2 is 1.78 bits per heavy atom. The van der Waals surface area contributed by atoms with Crippen LogP contribution in [0.2, 0.25) is 0 Å². The maximum atomic E-state index is 13.1. The summed E-state index contributed by atoms with van der Waals surface area (Å²) in [5, 5.41) is 14.0. The van der Waals surface area contributed by atoms with E-state index in [0.29, 0.717) is 37.6 Å². The molecule has 10 heteroatoms. The normalized spacial score (nSPS) is 14.7. The minimum Gasteiger partial charge on any atom is -0.371 e. The van der Waals surface area contributed by atoms with Gasteiger partial charge in [0.25, 0.3) is 11.6 Å². The van der Waals surface area contributed by atoms with Gasteiger partial charge in [0.2, 0.25) is 10.0 Å². The van der Waals surface area contributed by atoms with Gasteiger partial charge in [0.05, 0.1) is 21.1 Å². The predicted octanol–water partition coefficient (Wildman–Crippen LogP) is 3.87. The minimum atomic E-state index is -3.65. The van der Waals surface area contributed by atoms with E-state index in [1.807, 2.05) is 18.7 Å². The van der Waals surface area contributed by atoms with E-state index >= 15 is 0 Å². The van der Waals surface area contributed by atoms with Crippen LogP contribution in [0.15, 0.2) is 47.4 Å². The monoisotopic (exact) mass is 460 g/mol. The first kappa shape index (κ1) is 23.7. The summed E-state index contributed by atoms with van der Waals surface area (Å²) < 4.78 is 27.4. The van der Waals surface area contributed by atoms with Crippen molar-refractivity contribution in [2.24, 2.45) is 0 Å². The van der Waals surface area contributed by atoms with E-state index in [2.05, 4.69) is 5.32 Å².